The molecule has 19 nitrogen and oxygen atoms in total. The topological polar surface area (TPSA) is 267 Å². The molecule has 100 heavy (non-hydrogen) atoms. The molecule has 17 rings (SSSR count). The summed E-state index contributed by atoms with van der Waals surface area (Å²) in [5.41, 5.74) is 13.2. The number of aromatic amines is 1. The van der Waals surface area contributed by atoms with Gasteiger partial charge in [-0.2, -0.15) is 0 Å². The van der Waals surface area contributed by atoms with E-state index in [1.165, 1.54) is 48.1 Å². The molecular weight excluding hydrogens is 1260 g/mol. The summed E-state index contributed by atoms with van der Waals surface area (Å²) >= 11 is 0. The Morgan fingerprint density at radius 2 is 1.81 bits per heavy atom. The number of aliphatic hydroxyl groups is 1. The Bertz CT molecular complexity index is 4330. The zero-order valence-corrected chi connectivity index (χ0v) is 57.3. The number of aliphatic imine (C=N–C) groups is 1. The summed E-state index contributed by atoms with van der Waals surface area (Å²) in [4.78, 5) is 27.2. The summed E-state index contributed by atoms with van der Waals surface area (Å²) in [7, 11) is 2.17. The number of guanidine groups is 1. The predicted octanol–water partition coefficient (Wildman–Crippen LogP) is 10.5. The average Bonchev–Trinajstić information content (AvgIpc) is 1.51. The average molecular weight is 1350 g/mol. The number of nitrogens with one attached hydrogen (secondary N) is 6. The van der Waals surface area contributed by atoms with E-state index in [0.29, 0.717) is 80.6 Å². The lowest BCUT2D eigenvalue weighted by atomic mass is 9.57. The molecule has 522 valence electrons. The van der Waals surface area contributed by atoms with Crippen molar-refractivity contribution < 1.29 is 44.2 Å². The van der Waals surface area contributed by atoms with Crippen LogP contribution in [0.4, 0.5) is 0 Å². The Kier molecular flexibility index (Phi) is 16.7. The summed E-state index contributed by atoms with van der Waals surface area (Å²) in [6.45, 7) is 2.84. The van der Waals surface area contributed by atoms with Gasteiger partial charge in [0, 0.05) is 117 Å². The molecular formula is C81H94N10O9. The first kappa shape index (κ1) is 64.8. The number of pyridine rings is 1. The highest BCUT2D eigenvalue weighted by Gasteiger charge is 2.69. The molecule has 9 heterocycles. The minimum absolute atomic E-state index is 0.00331. The van der Waals surface area contributed by atoms with Gasteiger partial charge in [-0.25, -0.2) is 0 Å². The second-order valence-corrected chi connectivity index (χ2v) is 31.4. The number of H-pyrrole nitrogens is 1. The largest absolute Gasteiger partial charge is 0.504 e. The van der Waals surface area contributed by atoms with Crippen molar-refractivity contribution in [1.82, 2.24) is 41.1 Å². The zero-order valence-electron chi connectivity index (χ0n) is 57.3. The van der Waals surface area contributed by atoms with Gasteiger partial charge in [-0.3, -0.25) is 20.1 Å². The number of phenolic OH excluding ortho intramolecular Hbond substituents is 3. The first-order valence-electron chi connectivity index (χ1n) is 36.9. The second kappa shape index (κ2) is 25.8. The Hall–Kier alpha value is -8.59. The number of aromatic hydroxyl groups is 3. The highest BCUT2D eigenvalue weighted by atomic mass is 16.6. The molecule has 6 fully saturated rings. The Morgan fingerprint density at radius 1 is 0.940 bits per heavy atom. The molecule has 0 amide bonds. The van der Waals surface area contributed by atoms with E-state index >= 15 is 0 Å². The number of fused-ring (bicyclic) bond motifs is 10. The molecule has 9 bridgehead atoms. The lowest BCUT2D eigenvalue weighted by Crippen LogP contribution is -2.76. The summed E-state index contributed by atoms with van der Waals surface area (Å²) in [6, 6.07) is 21.9. The third-order valence-electron chi connectivity index (χ3n) is 25.8. The van der Waals surface area contributed by atoms with Crippen molar-refractivity contribution in [2.45, 2.75) is 189 Å². The number of hydrogen-bond donors (Lipinski definition) is 11. The molecule has 12 N–H and O–H groups in total. The van der Waals surface area contributed by atoms with Gasteiger partial charge in [-0.05, 0) is 176 Å². The molecule has 3 aromatic carbocycles. The molecule has 3 aromatic heterocycles. The monoisotopic (exact) mass is 1350 g/mol. The third-order valence-corrected chi connectivity index (χ3v) is 25.8. The first-order chi connectivity index (χ1) is 48.7. The number of dihydropyridines is 1. The minimum atomic E-state index is -1.12. The smallest absolute Gasteiger partial charge is 0.302 e. The number of phenols is 3. The van der Waals surface area contributed by atoms with E-state index in [-0.39, 0.29) is 83.1 Å². The van der Waals surface area contributed by atoms with Crippen LogP contribution in [0.2, 0.25) is 0 Å². The van der Waals surface area contributed by atoms with Crippen LogP contribution >= 0.6 is 0 Å². The first-order valence-corrected chi connectivity index (χ1v) is 36.9. The van der Waals surface area contributed by atoms with Gasteiger partial charge in [-0.1, -0.05) is 73.9 Å². The maximum Gasteiger partial charge on any atom is 0.302 e. The number of ether oxygens (including phenoxy) is 4. The van der Waals surface area contributed by atoms with Crippen LogP contribution in [0.15, 0.2) is 126 Å². The number of benzene rings is 3. The van der Waals surface area contributed by atoms with Gasteiger partial charge >= 0.3 is 5.97 Å². The molecule has 2 spiro atoms. The molecule has 6 aromatic rings. The predicted molar refractivity (Wildman–Crippen MR) is 379 cm³/mol. The Morgan fingerprint density at radius 3 is 2.64 bits per heavy atom. The number of rotatable bonds is 11. The van der Waals surface area contributed by atoms with Gasteiger partial charge in [0.05, 0.1) is 47.5 Å². The normalized spacial score (nSPS) is 34.4. The molecule has 5 aliphatic carbocycles. The van der Waals surface area contributed by atoms with Crippen LogP contribution in [-0.4, -0.2) is 110 Å². The minimum Gasteiger partial charge on any atom is -0.504 e. The fourth-order valence-electron chi connectivity index (χ4n) is 21.5. The molecule has 17 atom stereocenters. The fraction of sp³-hybridized carbons (Fsp3) is 0.519. The van der Waals surface area contributed by atoms with Crippen LogP contribution in [0.3, 0.4) is 0 Å². The van der Waals surface area contributed by atoms with Gasteiger partial charge < -0.3 is 75.9 Å². The van der Waals surface area contributed by atoms with Crippen LogP contribution in [-0.2, 0) is 33.5 Å². The zero-order chi connectivity index (χ0) is 68.1. The number of carbonyl (C=O) groups is 1. The molecule has 19 heteroatoms. The van der Waals surface area contributed by atoms with Crippen molar-refractivity contribution >= 4 is 22.8 Å². The Labute approximate surface area is 584 Å². The Balaban J connectivity index is 0.860. The fourth-order valence-corrected chi connectivity index (χ4v) is 21.5. The maximum absolute atomic E-state index is 14.1. The van der Waals surface area contributed by atoms with Gasteiger partial charge in [0.25, 0.3) is 0 Å². The van der Waals surface area contributed by atoms with Crippen molar-refractivity contribution in [2.24, 2.45) is 56.6 Å². The van der Waals surface area contributed by atoms with Crippen LogP contribution < -0.4 is 41.8 Å². The number of nitrogens with two attached hydrogens (primary N) is 1. The van der Waals surface area contributed by atoms with Crippen molar-refractivity contribution in [3.63, 3.8) is 0 Å². The highest BCUT2D eigenvalue weighted by Crippen LogP contribution is 2.75. The van der Waals surface area contributed by atoms with Gasteiger partial charge in [0.1, 0.15) is 24.6 Å². The second-order valence-electron chi connectivity index (χ2n) is 31.4. The summed E-state index contributed by atoms with van der Waals surface area (Å²) in [5.74, 6) is 15.4. The van der Waals surface area contributed by atoms with E-state index in [9.17, 15) is 25.2 Å². The molecule has 0 unspecified atom stereocenters. The number of aliphatic hydroxyl groups excluding tert-OH is 1. The van der Waals surface area contributed by atoms with E-state index in [1.807, 2.05) is 30.5 Å². The van der Waals surface area contributed by atoms with Crippen LogP contribution in [0.1, 0.15) is 167 Å². The van der Waals surface area contributed by atoms with E-state index in [4.69, 9.17) is 29.7 Å². The van der Waals surface area contributed by atoms with E-state index < -0.39 is 65.6 Å². The van der Waals surface area contributed by atoms with Crippen molar-refractivity contribution in [3.8, 4) is 52.4 Å². The molecule has 6 aliphatic heterocycles. The summed E-state index contributed by atoms with van der Waals surface area (Å²) in [5, 5.41) is 70.2. The number of nitrogens with zero attached hydrogens (tertiary/aromatic N) is 3. The van der Waals surface area contributed by atoms with Gasteiger partial charge in [0.15, 0.2) is 29.0 Å². The lowest BCUT2D eigenvalue weighted by Gasteiger charge is -2.59. The number of aromatic nitrogens is 3. The van der Waals surface area contributed by atoms with Gasteiger partial charge in [-0.15, -0.1) is 11.8 Å². The van der Waals surface area contributed by atoms with E-state index in [0.717, 1.165) is 79.8 Å². The lowest BCUT2D eigenvalue weighted by molar-refractivity contribution is -0.174. The third kappa shape index (κ3) is 11.3. The van der Waals surface area contributed by atoms with Crippen LogP contribution in [0, 0.1) is 69.5 Å². The SMILES string of the molecule is CN[C@@H]1c2c3cccc2[C@@H]2CC4(CCCC4)[C@@](CC4=CCNC(N)=C4)(CN=C4N[C@@H](n5cc6cc[nH]c6c5)[C@@H]5[C@H](O)N[C@H]6CCCC[C@@H]6C#CC[C@]6([C@H]7C[C@@H](OC(C)=O)C[C@@H](c8cc(O)c(O)c(OCCc9cccnc9)c8)O7)CC#C[C@@H]7[C@@H](C[C@H](C3)C[C@@]57N4)Oc3cc(ccc3O)C6)[C@@H]12. The highest BCUT2D eigenvalue weighted by molar-refractivity contribution is 5.83. The van der Waals surface area contributed by atoms with E-state index in [2.05, 4.69) is 121 Å². The molecule has 0 radical (unpaired) electrons. The summed E-state index contributed by atoms with van der Waals surface area (Å²) < 4.78 is 30.0. The number of esters is 1. The van der Waals surface area contributed by atoms with Crippen LogP contribution in [0.5, 0.6) is 28.7 Å². The van der Waals surface area contributed by atoms with Gasteiger partial charge in [0.2, 0.25) is 5.75 Å². The van der Waals surface area contributed by atoms with Crippen LogP contribution in [0.25, 0.3) is 10.9 Å². The quantitative estimate of drug-likeness (QED) is 0.0327. The van der Waals surface area contributed by atoms with Crippen molar-refractivity contribution in [2.75, 3.05) is 26.7 Å². The number of carbonyl (C=O) groups excluding carboxylic acids is 1. The standard InChI is InChI=1S/C81H94N10O9/c1-47(92)98-56-37-64(55-35-63(94)74(95)67(36-55)97-30-22-48-11-10-27-84-43-48)100-68(38-56)78-23-8-14-52-12-3-4-17-60(52)88-76(96)72-75(91-44-54-21-29-85-61(54)45-91)89-77-87-46-80(40-50-20-28-86-69(82)34-50)71-58(42-79(80)25-5-6-26-79)57-15-7-13-53(70(57)73(71)83-2)31-51-33-65(59(16-9-24-78)81(72,41-51)90-77)99-66-32-49(39-78)18-19-62(66)93/h7,10-11,13,15,18-21,27,29,32,34-36,43-45,51-52,56,58-60,64-65,68,71-73,75-76,83,85-86,88,93-96H,3-6,12,17,22-26,28,30-31,33,37-42,46,82H2,1-2H3,(H2,87,89,90)/t51-,52+,56-,58-,59+,60-,64-,65+,68+,71+,72+,73+,75-,76-,78-,80-,81-/m0/s1. The molecule has 4 saturated carbocycles. The van der Waals surface area contributed by atoms with Crippen molar-refractivity contribution in [3.05, 3.63) is 155 Å². The van der Waals surface area contributed by atoms with E-state index in [1.54, 1.807) is 24.5 Å². The number of allylic oxidation sites excluding steroid dienone is 2. The molecule has 11 aliphatic rings. The summed E-state index contributed by atoms with van der Waals surface area (Å²) in [6.07, 6.45) is 24.1. The molecule has 2 saturated heterocycles. The maximum atomic E-state index is 14.1. The number of hydrogen-bond acceptors (Lipinski definition) is 17. The van der Waals surface area contributed by atoms with Crippen molar-refractivity contribution in [1.29, 1.82) is 0 Å².